The molecule has 134 valence electrons. The number of methoxy groups -OCH3 is 1. The van der Waals surface area contributed by atoms with Crippen LogP contribution < -0.4 is 10.1 Å². The van der Waals surface area contributed by atoms with E-state index in [4.69, 9.17) is 32.7 Å². The SMILES string of the molecule is COc1c(Cl)cc(C(=O)OCC(=O)Nc2c(C)nn(C)c2C)cc1Cl. The number of carbonyl (C=O) groups is 2. The molecule has 9 heteroatoms. The molecule has 1 aromatic carbocycles. The van der Waals surface area contributed by atoms with Gasteiger partial charge >= 0.3 is 5.97 Å². The minimum Gasteiger partial charge on any atom is -0.494 e. The number of nitrogens with one attached hydrogen (secondary N) is 1. The van der Waals surface area contributed by atoms with Crippen molar-refractivity contribution in [3.8, 4) is 5.75 Å². The van der Waals surface area contributed by atoms with Crippen molar-refractivity contribution in [1.29, 1.82) is 0 Å². The Bertz CT molecular complexity index is 810. The van der Waals surface area contributed by atoms with E-state index in [-0.39, 0.29) is 21.4 Å². The maximum absolute atomic E-state index is 12.1. The average Bonchev–Trinajstić information content (AvgIpc) is 2.78. The van der Waals surface area contributed by atoms with Crippen LogP contribution >= 0.6 is 23.2 Å². The molecule has 0 unspecified atom stereocenters. The van der Waals surface area contributed by atoms with Crippen molar-refractivity contribution in [3.05, 3.63) is 39.1 Å². The lowest BCUT2D eigenvalue weighted by molar-refractivity contribution is -0.119. The summed E-state index contributed by atoms with van der Waals surface area (Å²) in [6.07, 6.45) is 0. The van der Waals surface area contributed by atoms with Gasteiger partial charge < -0.3 is 14.8 Å². The van der Waals surface area contributed by atoms with Crippen LogP contribution in [-0.2, 0) is 16.6 Å². The van der Waals surface area contributed by atoms with Gasteiger partial charge in [-0.15, -0.1) is 0 Å². The molecule has 2 rings (SSSR count). The molecule has 0 spiro atoms. The number of ether oxygens (including phenoxy) is 2. The normalized spacial score (nSPS) is 10.5. The van der Waals surface area contributed by atoms with Gasteiger partial charge in [-0.05, 0) is 26.0 Å². The summed E-state index contributed by atoms with van der Waals surface area (Å²) in [7, 11) is 3.19. The van der Waals surface area contributed by atoms with E-state index in [2.05, 4.69) is 10.4 Å². The number of esters is 1. The van der Waals surface area contributed by atoms with Gasteiger partial charge in [-0.1, -0.05) is 23.2 Å². The Kier molecular flexibility index (Phi) is 5.92. The maximum atomic E-state index is 12.1. The maximum Gasteiger partial charge on any atom is 0.338 e. The number of aryl methyl sites for hydroxylation is 2. The van der Waals surface area contributed by atoms with E-state index in [0.717, 1.165) is 5.69 Å². The highest BCUT2D eigenvalue weighted by Gasteiger charge is 2.17. The van der Waals surface area contributed by atoms with E-state index in [0.29, 0.717) is 11.4 Å². The van der Waals surface area contributed by atoms with Crippen molar-refractivity contribution in [2.24, 2.45) is 7.05 Å². The Hall–Kier alpha value is -2.25. The molecular formula is C16H17Cl2N3O4. The van der Waals surface area contributed by atoms with Gasteiger partial charge in [0.15, 0.2) is 12.4 Å². The molecule has 0 bridgehead atoms. The van der Waals surface area contributed by atoms with Gasteiger partial charge in [-0.25, -0.2) is 4.79 Å². The molecule has 1 heterocycles. The Labute approximate surface area is 154 Å². The number of anilines is 1. The van der Waals surface area contributed by atoms with Crippen LogP contribution in [0.25, 0.3) is 0 Å². The predicted octanol–water partition coefficient (Wildman–Crippen LogP) is 3.15. The number of rotatable bonds is 5. The number of benzene rings is 1. The number of aromatic nitrogens is 2. The Morgan fingerprint density at radius 1 is 1.24 bits per heavy atom. The number of amides is 1. The van der Waals surface area contributed by atoms with Crippen LogP contribution in [0, 0.1) is 13.8 Å². The molecule has 0 radical (unpaired) electrons. The molecule has 2 aromatic rings. The standard InChI is InChI=1S/C16H17Cl2N3O4/c1-8-14(9(2)21(3)20-8)19-13(22)7-25-16(23)10-5-11(17)15(24-4)12(18)6-10/h5-6H,7H2,1-4H3,(H,19,22). The van der Waals surface area contributed by atoms with Crippen molar-refractivity contribution in [3.63, 3.8) is 0 Å². The number of hydrogen-bond acceptors (Lipinski definition) is 5. The monoisotopic (exact) mass is 385 g/mol. The summed E-state index contributed by atoms with van der Waals surface area (Å²) in [4.78, 5) is 24.1. The average molecular weight is 386 g/mol. The van der Waals surface area contributed by atoms with Gasteiger partial charge in [0.2, 0.25) is 0 Å². The van der Waals surface area contributed by atoms with Crippen LogP contribution in [0.1, 0.15) is 21.7 Å². The van der Waals surface area contributed by atoms with Gasteiger partial charge in [0.05, 0.1) is 39.8 Å². The lowest BCUT2D eigenvalue weighted by atomic mass is 10.2. The molecule has 0 fully saturated rings. The predicted molar refractivity (Wildman–Crippen MR) is 94.6 cm³/mol. The quantitative estimate of drug-likeness (QED) is 0.799. The number of carbonyl (C=O) groups excluding carboxylic acids is 2. The van der Waals surface area contributed by atoms with Crippen molar-refractivity contribution in [2.75, 3.05) is 19.0 Å². The van der Waals surface area contributed by atoms with Crippen LogP contribution in [0.15, 0.2) is 12.1 Å². The molecule has 7 nitrogen and oxygen atoms in total. The molecular weight excluding hydrogens is 369 g/mol. The van der Waals surface area contributed by atoms with Crippen molar-refractivity contribution >= 4 is 40.8 Å². The topological polar surface area (TPSA) is 82.4 Å². The largest absolute Gasteiger partial charge is 0.494 e. The second-order valence-electron chi connectivity index (χ2n) is 5.27. The van der Waals surface area contributed by atoms with Crippen LogP contribution in [0.4, 0.5) is 5.69 Å². The molecule has 1 N–H and O–H groups in total. The van der Waals surface area contributed by atoms with Gasteiger partial charge in [0.1, 0.15) is 0 Å². The van der Waals surface area contributed by atoms with E-state index >= 15 is 0 Å². The molecule has 0 saturated carbocycles. The molecule has 1 amide bonds. The van der Waals surface area contributed by atoms with E-state index in [1.54, 1.807) is 18.7 Å². The zero-order valence-corrected chi connectivity index (χ0v) is 15.7. The molecule has 0 atom stereocenters. The second-order valence-corrected chi connectivity index (χ2v) is 6.08. The zero-order valence-electron chi connectivity index (χ0n) is 14.1. The van der Waals surface area contributed by atoms with Gasteiger partial charge in [-0.3, -0.25) is 9.48 Å². The molecule has 0 aliphatic rings. The third-order valence-corrected chi connectivity index (χ3v) is 4.11. The minimum atomic E-state index is -0.721. The van der Waals surface area contributed by atoms with E-state index < -0.39 is 18.5 Å². The molecule has 1 aromatic heterocycles. The minimum absolute atomic E-state index is 0.123. The number of nitrogens with zero attached hydrogens (tertiary/aromatic N) is 2. The third kappa shape index (κ3) is 4.24. The van der Waals surface area contributed by atoms with Crippen molar-refractivity contribution in [2.45, 2.75) is 13.8 Å². The zero-order chi connectivity index (χ0) is 18.7. The van der Waals surface area contributed by atoms with Gasteiger partial charge in [0, 0.05) is 7.05 Å². The Morgan fingerprint density at radius 2 is 1.84 bits per heavy atom. The van der Waals surface area contributed by atoms with Gasteiger partial charge in [-0.2, -0.15) is 5.10 Å². The summed E-state index contributed by atoms with van der Waals surface area (Å²) in [6.45, 7) is 3.15. The summed E-state index contributed by atoms with van der Waals surface area (Å²) in [5, 5.41) is 7.22. The first-order chi connectivity index (χ1) is 11.7. The first-order valence-corrected chi connectivity index (χ1v) is 8.00. The lowest BCUT2D eigenvalue weighted by Crippen LogP contribution is -2.21. The third-order valence-electron chi connectivity index (χ3n) is 3.55. The van der Waals surface area contributed by atoms with Crippen LogP contribution in [0.3, 0.4) is 0 Å². The molecule has 0 aliphatic carbocycles. The summed E-state index contributed by atoms with van der Waals surface area (Å²) in [5.74, 6) is -0.931. The summed E-state index contributed by atoms with van der Waals surface area (Å²) in [6, 6.07) is 2.73. The number of halogens is 2. The van der Waals surface area contributed by atoms with E-state index in [1.807, 2.05) is 6.92 Å². The fourth-order valence-electron chi connectivity index (χ4n) is 2.22. The second kappa shape index (κ2) is 7.76. The van der Waals surface area contributed by atoms with Crippen molar-refractivity contribution < 1.29 is 19.1 Å². The summed E-state index contributed by atoms with van der Waals surface area (Å²) < 4.78 is 11.7. The highest BCUT2D eigenvalue weighted by Crippen LogP contribution is 2.34. The Balaban J connectivity index is 2.01. The highest BCUT2D eigenvalue weighted by atomic mass is 35.5. The first-order valence-electron chi connectivity index (χ1n) is 7.24. The number of hydrogen-bond donors (Lipinski definition) is 1. The van der Waals surface area contributed by atoms with E-state index in [1.165, 1.54) is 19.2 Å². The van der Waals surface area contributed by atoms with Crippen LogP contribution in [-0.4, -0.2) is 35.4 Å². The van der Waals surface area contributed by atoms with Crippen LogP contribution in [0.2, 0.25) is 10.0 Å². The smallest absolute Gasteiger partial charge is 0.338 e. The molecule has 0 aliphatic heterocycles. The summed E-state index contributed by atoms with van der Waals surface area (Å²) >= 11 is 12.0. The van der Waals surface area contributed by atoms with Gasteiger partial charge in [0.25, 0.3) is 5.91 Å². The van der Waals surface area contributed by atoms with Crippen LogP contribution in [0.5, 0.6) is 5.75 Å². The Morgan fingerprint density at radius 3 is 2.32 bits per heavy atom. The molecule has 25 heavy (non-hydrogen) atoms. The van der Waals surface area contributed by atoms with E-state index in [9.17, 15) is 9.59 Å². The summed E-state index contributed by atoms with van der Waals surface area (Å²) in [5.41, 5.74) is 2.19. The molecule has 0 saturated heterocycles. The van der Waals surface area contributed by atoms with Crippen molar-refractivity contribution in [1.82, 2.24) is 9.78 Å². The highest BCUT2D eigenvalue weighted by molar-refractivity contribution is 6.37. The first kappa shape index (κ1) is 19.1. The lowest BCUT2D eigenvalue weighted by Gasteiger charge is -2.09. The fourth-order valence-corrected chi connectivity index (χ4v) is 2.86. The fraction of sp³-hybridized carbons (Fsp3) is 0.312.